The van der Waals surface area contributed by atoms with E-state index in [0.717, 1.165) is 13.8 Å². The molecule has 0 saturated carbocycles. The first kappa shape index (κ1) is 89.0. The zero-order valence-electron chi connectivity index (χ0n) is 56.2. The van der Waals surface area contributed by atoms with E-state index in [1.165, 1.54) is 6.92 Å². The van der Waals surface area contributed by atoms with Crippen LogP contribution in [0.4, 0.5) is 0 Å². The van der Waals surface area contributed by atoms with E-state index >= 15 is 0 Å². The quantitative estimate of drug-likeness (QED) is 0.0309. The van der Waals surface area contributed by atoms with Crippen molar-refractivity contribution in [3.05, 3.63) is 0 Å². The lowest BCUT2D eigenvalue weighted by Gasteiger charge is -2.54. The first-order valence-electron chi connectivity index (χ1n) is 33.0. The second-order valence-corrected chi connectivity index (χ2v) is 27.6. The fourth-order valence-corrected chi connectivity index (χ4v) is 13.8. The Morgan fingerprint density at radius 1 is 0.430 bits per heavy atom. The van der Waals surface area contributed by atoms with Gasteiger partial charge in [0.2, 0.25) is 11.8 Å². The number of aliphatic carboxylic acids is 2. The highest BCUT2D eigenvalue weighted by molar-refractivity contribution is 7.46. The Bertz CT molecular complexity index is 2930. The number of nitrogens with one attached hydrogen (secondary N) is 2. The number of hydrogen-bond donors (Lipinski definition) is 29. The molecule has 107 heavy (non-hydrogen) atoms. The van der Waals surface area contributed by atoms with Crippen molar-refractivity contribution in [3.8, 4) is 0 Å². The Balaban J connectivity index is 1.29. The highest BCUT2D eigenvalue weighted by atomic mass is 31.2. The summed E-state index contributed by atoms with van der Waals surface area (Å²) in [5.41, 5.74) is 0. The van der Waals surface area contributed by atoms with Gasteiger partial charge in [0.05, 0.1) is 45.7 Å². The Morgan fingerprint density at radius 2 is 0.860 bits per heavy atom. The summed E-state index contributed by atoms with van der Waals surface area (Å²) in [7, 11) is -6.08. The lowest BCUT2D eigenvalue weighted by molar-refractivity contribution is -0.429. The third-order valence-electron chi connectivity index (χ3n) is 18.9. The molecule has 0 bridgehead atoms. The van der Waals surface area contributed by atoms with Crippen molar-refractivity contribution >= 4 is 31.6 Å². The smallest absolute Gasteiger partial charge is 0.469 e. The normalized spacial score (nSPS) is 47.4. The van der Waals surface area contributed by atoms with E-state index in [9.17, 15) is 161 Å². The molecule has 8 aliphatic heterocycles. The van der Waals surface area contributed by atoms with Crippen LogP contribution < -0.4 is 10.6 Å². The predicted molar refractivity (Wildman–Crippen MR) is 321 cm³/mol. The van der Waals surface area contributed by atoms with Gasteiger partial charge in [-0.25, -0.2) is 14.2 Å². The molecule has 0 aromatic heterocycles. The first-order valence-corrected chi connectivity index (χ1v) is 34.5. The molecule has 0 aliphatic carbocycles. The second-order valence-electron chi connectivity index (χ2n) is 26.4. The van der Waals surface area contributed by atoms with Gasteiger partial charge in [-0.3, -0.25) is 14.1 Å². The van der Waals surface area contributed by atoms with E-state index in [1.54, 1.807) is 0 Å². The van der Waals surface area contributed by atoms with Gasteiger partial charge in [-0.1, -0.05) is 0 Å². The Kier molecular flexibility index (Phi) is 30.9. The number of phosphoric ester groups is 1. The summed E-state index contributed by atoms with van der Waals surface area (Å²) >= 11 is 0. The fraction of sp³-hybridized carbons (Fsp3) is 0.929. The molecule has 42 atom stereocenters. The number of aliphatic hydroxyl groups excluding tert-OH is 22. The molecule has 8 saturated heterocycles. The zero-order valence-corrected chi connectivity index (χ0v) is 57.1. The number of carboxylic acids is 2. The van der Waals surface area contributed by atoms with Crippen LogP contribution in [0.2, 0.25) is 0 Å². The van der Waals surface area contributed by atoms with Crippen molar-refractivity contribution in [3.63, 3.8) is 0 Å². The maximum absolute atomic E-state index is 13.0. The van der Waals surface area contributed by atoms with Gasteiger partial charge in [0.25, 0.3) is 5.79 Å². The maximum Gasteiger partial charge on any atom is 0.469 e. The molecule has 0 spiro atoms. The molecule has 51 heteroatoms. The van der Waals surface area contributed by atoms with Crippen LogP contribution in [0.15, 0.2) is 0 Å². The molecule has 29 N–H and O–H groups in total. The summed E-state index contributed by atoms with van der Waals surface area (Å²) in [5, 5.41) is 282. The number of phosphoric acid groups is 1. The average Bonchev–Trinajstić information content (AvgIpc) is 0.749. The predicted octanol–water partition coefficient (Wildman–Crippen LogP) is -18.4. The lowest BCUT2D eigenvalue weighted by Crippen LogP contribution is -2.72. The maximum atomic E-state index is 13.0. The Labute approximate surface area is 601 Å². The van der Waals surface area contributed by atoms with Crippen LogP contribution in [0, 0.1) is 0 Å². The summed E-state index contributed by atoms with van der Waals surface area (Å²) in [6, 6.07) is -3.53. The van der Waals surface area contributed by atoms with E-state index in [-0.39, 0.29) is 0 Å². The van der Waals surface area contributed by atoms with Crippen LogP contribution in [0.25, 0.3) is 0 Å². The molecule has 0 unspecified atom stereocenters. The Hall–Kier alpha value is -3.53. The van der Waals surface area contributed by atoms with Crippen LogP contribution in [-0.4, -0.2) is 458 Å². The number of carbonyl (C=O) groups excluding carboxylic acids is 2. The van der Waals surface area contributed by atoms with Gasteiger partial charge < -0.3 is 219 Å². The molecule has 50 nitrogen and oxygen atoms in total. The van der Waals surface area contributed by atoms with Crippen LogP contribution in [0.3, 0.4) is 0 Å². The van der Waals surface area contributed by atoms with Gasteiger partial charge in [-0.15, -0.1) is 0 Å². The third-order valence-corrected chi connectivity index (χ3v) is 19.4. The molecule has 8 fully saturated rings. The number of carbonyl (C=O) groups is 4. The van der Waals surface area contributed by atoms with E-state index in [0.29, 0.717) is 0 Å². The number of carboxylic acid groups (broad SMARTS) is 2. The van der Waals surface area contributed by atoms with E-state index < -0.39 is 335 Å². The Morgan fingerprint density at radius 3 is 1.41 bits per heavy atom. The minimum absolute atomic E-state index is 0.805. The number of ether oxygens (including phenoxy) is 15. The van der Waals surface area contributed by atoms with Crippen molar-refractivity contribution < 1.29 is 237 Å². The highest BCUT2D eigenvalue weighted by Crippen LogP contribution is 2.47. The van der Waals surface area contributed by atoms with E-state index in [2.05, 4.69) is 10.6 Å². The van der Waals surface area contributed by atoms with Gasteiger partial charge >= 0.3 is 19.8 Å². The molecule has 620 valence electrons. The van der Waals surface area contributed by atoms with Crippen LogP contribution in [0.5, 0.6) is 0 Å². The second kappa shape index (κ2) is 37.2. The lowest BCUT2D eigenvalue weighted by atomic mass is 9.91. The molecule has 0 radical (unpaired) electrons. The van der Waals surface area contributed by atoms with Crippen molar-refractivity contribution in [1.82, 2.24) is 10.6 Å². The average molecular weight is 1590 g/mol. The van der Waals surface area contributed by atoms with Gasteiger partial charge in [0, 0.05) is 20.3 Å². The minimum atomic E-state index is -6.08. The fourth-order valence-electron chi connectivity index (χ4n) is 13.3. The first-order chi connectivity index (χ1) is 50.1. The highest BCUT2D eigenvalue weighted by Gasteiger charge is 2.64. The molecule has 0 aromatic carbocycles. The summed E-state index contributed by atoms with van der Waals surface area (Å²) < 4.78 is 106. The SMILES string of the molecule is CC(=O)N[C@H]1[C@H](O[C@H]2[C@@H](O)[C@@H](CO)O[C@@H](O[C@H]3[C@H](O)[C@@H](O)[C@H](O[C@H]4[C@H](O[C@H]5O[C@H]([C@@H](O)CO)[C@@H](O)[C@H](O)[C@H]5O[C@@H]5O[C@H](CO)[C@H](O)[C@H](O)[C@H]5O)[C@H](O[C@@H]5O[C@H](C(=O)O)[C@@H](O)[C@H](O)[C@H]5O)[C@@H](O[C@H]5[C@@H]([C@H](O)CO)O[C@@](O)(C(=O)O)C[C@H]5OP(=O)(O)O)O[C@@H]4[C@@H](O)CO)O[C@@H]3CO)[C@@H]2NC(C)=O)O[C@H](C)[C@@H](O)[C@@H]1O. The number of amides is 2. The molecule has 0 aromatic rings. The molecule has 8 aliphatic rings. The molecule has 8 heterocycles. The summed E-state index contributed by atoms with van der Waals surface area (Å²) in [5.74, 6) is -9.94. The van der Waals surface area contributed by atoms with Gasteiger partial charge in [-0.2, -0.15) is 0 Å². The monoisotopic (exact) mass is 1590 g/mol. The van der Waals surface area contributed by atoms with Gasteiger partial charge in [0.15, 0.2) is 50.1 Å². The van der Waals surface area contributed by atoms with E-state index in [1.807, 2.05) is 0 Å². The molecule has 8 rings (SSSR count). The van der Waals surface area contributed by atoms with Crippen LogP contribution >= 0.6 is 7.82 Å². The van der Waals surface area contributed by atoms with E-state index in [4.69, 9.17) is 75.6 Å². The summed E-state index contributed by atoms with van der Waals surface area (Å²) in [6.45, 7) is -5.01. The van der Waals surface area contributed by atoms with Crippen LogP contribution in [-0.2, 0) is 99.3 Å². The van der Waals surface area contributed by atoms with Crippen molar-refractivity contribution in [2.45, 2.75) is 284 Å². The minimum Gasteiger partial charge on any atom is -0.479 e. The summed E-state index contributed by atoms with van der Waals surface area (Å²) in [4.78, 5) is 71.0. The van der Waals surface area contributed by atoms with Crippen LogP contribution in [0.1, 0.15) is 27.2 Å². The topological polar surface area (TPSA) is 803 Å². The number of aliphatic hydroxyl groups is 23. The zero-order chi connectivity index (χ0) is 79.7. The number of hydrogen-bond acceptors (Lipinski definition) is 44. The number of rotatable bonds is 29. The van der Waals surface area contributed by atoms with Gasteiger partial charge in [0.1, 0.15) is 195 Å². The molecule has 2 amide bonds. The summed E-state index contributed by atoms with van der Waals surface area (Å²) in [6.07, 6.45) is -96.7. The van der Waals surface area contributed by atoms with Gasteiger partial charge in [-0.05, 0) is 6.92 Å². The van der Waals surface area contributed by atoms with Crippen molar-refractivity contribution in [2.24, 2.45) is 0 Å². The van der Waals surface area contributed by atoms with Crippen molar-refractivity contribution in [1.29, 1.82) is 0 Å². The molecular formula is C56H93N2O48P. The molecular weight excluding hydrogens is 1500 g/mol. The third kappa shape index (κ3) is 19.6. The standard InChI is InChI=1S/C56H93N2O48P/c1-11-23(70)26(73)21(57-12(2)65)48(91-11)99-41-22(58-13(3)66)49(92-19(9-63)25(41)72)97-39-20(10-64)94-51(35(82)32(39)79)102-44-37(15(68)6-60)96-54(98-40-17(106-107(88,89)90)4-56(87,55(85)86)105-38(40)16(69)7-61)46(104-52-34(81)28(75)29(76)42(100-52)47(83)84)45(44)103-53-43(31(78)30(77)36(95-53)14(67)5-59)101-50-33(80)27(74)24(71)18(8-62)93-50/h11,14-46,48-54,59-64,67-82,87H,4-10H2,1-3H3,(H,57,65)(H,58,66)(H,83,84)(H,85,86)(H2,88,89,90)/t11-,14+,15+,16-,17-,18-,19-,20-,21-,22-,23-,24+,25+,26-,27+,28+,29+,30+,31+,32-,33-,34-,35-,36-,37-,38-,39-,40-,41-,42+,43-,44-,45+,46+,48+,49+,50+,51+,52+,53-,54-,56-/m1/s1. The largest absolute Gasteiger partial charge is 0.479 e. The van der Waals surface area contributed by atoms with Crippen molar-refractivity contribution in [2.75, 3.05) is 39.6 Å².